The van der Waals surface area contributed by atoms with Crippen molar-refractivity contribution in [3.05, 3.63) is 18.0 Å². The summed E-state index contributed by atoms with van der Waals surface area (Å²) >= 11 is 0. The van der Waals surface area contributed by atoms with Crippen molar-refractivity contribution in [2.24, 2.45) is 13.0 Å². The van der Waals surface area contributed by atoms with E-state index >= 15 is 0 Å². The number of aliphatic carboxylic acids is 1. The fraction of sp³-hybridized carbons (Fsp3) is 0.778. The number of alkyl halides is 3. The zero-order valence-corrected chi connectivity index (χ0v) is 15.8. The van der Waals surface area contributed by atoms with Crippen molar-refractivity contribution in [3.8, 4) is 0 Å². The van der Waals surface area contributed by atoms with E-state index in [-0.39, 0.29) is 6.10 Å². The zero-order valence-electron chi connectivity index (χ0n) is 15.8. The molecule has 1 saturated heterocycles. The lowest BCUT2D eigenvalue weighted by Gasteiger charge is -2.38. The van der Waals surface area contributed by atoms with Crippen LogP contribution in [0.3, 0.4) is 0 Å². The topological polar surface area (TPSA) is 76.8 Å². The van der Waals surface area contributed by atoms with Crippen LogP contribution in [0.4, 0.5) is 13.2 Å². The Balaban J connectivity index is 0.000000279. The Kier molecular flexibility index (Phi) is 6.61. The van der Waals surface area contributed by atoms with Crippen LogP contribution < -0.4 is 0 Å². The first kappa shape index (κ1) is 21.1. The van der Waals surface area contributed by atoms with E-state index in [4.69, 9.17) is 19.4 Å². The maximum atomic E-state index is 10.6. The SMILES string of the molecule is Cn1cc(CN2CCO[C@H]3[C@H](OCC4CC4)CC[C@@H]32)cn1.O=C(O)C(F)(F)F. The van der Waals surface area contributed by atoms with Gasteiger partial charge in [0.25, 0.3) is 0 Å². The monoisotopic (exact) mass is 405 g/mol. The molecule has 7 nitrogen and oxygen atoms in total. The maximum Gasteiger partial charge on any atom is 0.490 e. The minimum Gasteiger partial charge on any atom is -0.475 e. The third-order valence-corrected chi connectivity index (χ3v) is 5.28. The average Bonchev–Trinajstić information content (AvgIpc) is 3.22. The highest BCUT2D eigenvalue weighted by Crippen LogP contribution is 2.35. The number of halogens is 3. The molecule has 3 aliphatic rings. The first-order valence-electron chi connectivity index (χ1n) is 9.49. The fourth-order valence-electron chi connectivity index (χ4n) is 3.70. The molecular formula is C18H26F3N3O4. The van der Waals surface area contributed by atoms with Crippen LogP contribution in [0.5, 0.6) is 0 Å². The predicted octanol–water partition coefficient (Wildman–Crippen LogP) is 2.21. The van der Waals surface area contributed by atoms with E-state index < -0.39 is 12.1 Å². The Hall–Kier alpha value is -1.65. The molecule has 3 fully saturated rings. The number of rotatable bonds is 5. The summed E-state index contributed by atoms with van der Waals surface area (Å²) in [4.78, 5) is 11.5. The molecule has 0 bridgehead atoms. The summed E-state index contributed by atoms with van der Waals surface area (Å²) in [6.07, 6.45) is 4.64. The summed E-state index contributed by atoms with van der Waals surface area (Å²) in [5, 5.41) is 11.4. The minimum absolute atomic E-state index is 0.272. The van der Waals surface area contributed by atoms with E-state index in [0.29, 0.717) is 12.1 Å². The largest absolute Gasteiger partial charge is 0.490 e. The lowest BCUT2D eigenvalue weighted by Crippen LogP contribution is -2.51. The molecule has 2 aliphatic carbocycles. The Bertz CT molecular complexity index is 663. The summed E-state index contributed by atoms with van der Waals surface area (Å²) in [6.45, 7) is 3.77. The van der Waals surface area contributed by atoms with Gasteiger partial charge in [0, 0.05) is 44.5 Å². The van der Waals surface area contributed by atoms with E-state index in [9.17, 15) is 13.2 Å². The second-order valence-corrected chi connectivity index (χ2v) is 7.59. The standard InChI is InChI=1S/C16H25N3O2.C2HF3O2/c1-18-9-13(8-17-18)10-19-6-7-20-16-14(19)4-5-15(16)21-11-12-2-3-12;3-2(4,5)1(6)7/h8-9,12,14-16H,2-7,10-11H2,1H3;(H,6,7)/t14-,15+,16+;/m0./s1. The van der Waals surface area contributed by atoms with Crippen molar-refractivity contribution in [1.82, 2.24) is 14.7 Å². The molecule has 3 atom stereocenters. The van der Waals surface area contributed by atoms with Crippen LogP contribution in [-0.2, 0) is 27.9 Å². The molecule has 0 radical (unpaired) electrons. The smallest absolute Gasteiger partial charge is 0.475 e. The Labute approximate surface area is 161 Å². The number of carboxylic acids is 1. The van der Waals surface area contributed by atoms with Crippen molar-refractivity contribution < 1.29 is 32.5 Å². The molecular weight excluding hydrogens is 379 g/mol. The average molecular weight is 405 g/mol. The number of nitrogens with zero attached hydrogens (tertiary/aromatic N) is 3. The van der Waals surface area contributed by atoms with E-state index in [0.717, 1.165) is 38.6 Å². The lowest BCUT2D eigenvalue weighted by atomic mass is 10.1. The van der Waals surface area contributed by atoms with E-state index in [1.165, 1.54) is 24.8 Å². The number of ether oxygens (including phenoxy) is 2. The van der Waals surface area contributed by atoms with Crippen molar-refractivity contribution in [3.63, 3.8) is 0 Å². The van der Waals surface area contributed by atoms with Crippen molar-refractivity contribution in [1.29, 1.82) is 0 Å². The van der Waals surface area contributed by atoms with Crippen LogP contribution in [0, 0.1) is 5.92 Å². The first-order valence-corrected chi connectivity index (χ1v) is 9.49. The molecule has 0 aromatic carbocycles. The molecule has 0 unspecified atom stereocenters. The van der Waals surface area contributed by atoms with Crippen LogP contribution in [0.15, 0.2) is 12.4 Å². The van der Waals surface area contributed by atoms with Gasteiger partial charge in [-0.3, -0.25) is 9.58 Å². The van der Waals surface area contributed by atoms with Gasteiger partial charge in [0.05, 0.1) is 25.0 Å². The molecule has 1 aliphatic heterocycles. The van der Waals surface area contributed by atoms with Crippen LogP contribution in [0.1, 0.15) is 31.2 Å². The second kappa shape index (κ2) is 8.79. The van der Waals surface area contributed by atoms with Gasteiger partial charge in [0.1, 0.15) is 0 Å². The van der Waals surface area contributed by atoms with Crippen LogP contribution >= 0.6 is 0 Å². The summed E-state index contributed by atoms with van der Waals surface area (Å²) < 4.78 is 45.8. The van der Waals surface area contributed by atoms with Crippen LogP contribution in [-0.4, -0.2) is 69.9 Å². The number of fused-ring (bicyclic) bond motifs is 1. The predicted molar refractivity (Wildman–Crippen MR) is 92.5 cm³/mol. The molecule has 1 aromatic rings. The molecule has 10 heteroatoms. The van der Waals surface area contributed by atoms with Gasteiger partial charge in [0.15, 0.2) is 0 Å². The number of morpholine rings is 1. The van der Waals surface area contributed by atoms with Gasteiger partial charge in [-0.05, 0) is 31.6 Å². The van der Waals surface area contributed by atoms with E-state index in [2.05, 4.69) is 16.2 Å². The Morgan fingerprint density at radius 3 is 2.64 bits per heavy atom. The molecule has 158 valence electrons. The highest BCUT2D eigenvalue weighted by Gasteiger charge is 2.43. The third-order valence-electron chi connectivity index (χ3n) is 5.28. The number of aryl methyl sites for hydroxylation is 1. The van der Waals surface area contributed by atoms with Gasteiger partial charge in [-0.15, -0.1) is 0 Å². The number of carboxylic acid groups (broad SMARTS) is 1. The van der Waals surface area contributed by atoms with Gasteiger partial charge in [-0.1, -0.05) is 0 Å². The van der Waals surface area contributed by atoms with Gasteiger partial charge >= 0.3 is 12.1 Å². The number of carbonyl (C=O) groups is 1. The van der Waals surface area contributed by atoms with Crippen molar-refractivity contribution in [2.45, 2.75) is 56.7 Å². The molecule has 2 heterocycles. The molecule has 0 spiro atoms. The van der Waals surface area contributed by atoms with E-state index in [1.54, 1.807) is 0 Å². The zero-order chi connectivity index (χ0) is 20.3. The highest BCUT2D eigenvalue weighted by atomic mass is 19.4. The molecule has 2 saturated carbocycles. The van der Waals surface area contributed by atoms with Crippen LogP contribution in [0.2, 0.25) is 0 Å². The fourth-order valence-corrected chi connectivity index (χ4v) is 3.70. The minimum atomic E-state index is -5.08. The number of hydrogen-bond acceptors (Lipinski definition) is 5. The quantitative estimate of drug-likeness (QED) is 0.810. The Morgan fingerprint density at radius 2 is 2.07 bits per heavy atom. The lowest BCUT2D eigenvalue weighted by molar-refractivity contribution is -0.192. The normalized spacial score (nSPS) is 27.8. The molecule has 28 heavy (non-hydrogen) atoms. The first-order chi connectivity index (χ1) is 13.2. The Morgan fingerprint density at radius 1 is 1.36 bits per heavy atom. The van der Waals surface area contributed by atoms with Crippen LogP contribution in [0.25, 0.3) is 0 Å². The molecule has 1 aromatic heterocycles. The maximum absolute atomic E-state index is 10.6. The third kappa shape index (κ3) is 5.68. The number of aromatic nitrogens is 2. The van der Waals surface area contributed by atoms with Gasteiger partial charge < -0.3 is 14.6 Å². The summed E-state index contributed by atoms with van der Waals surface area (Å²) in [6, 6.07) is 0.517. The summed E-state index contributed by atoms with van der Waals surface area (Å²) in [5.74, 6) is -1.92. The van der Waals surface area contributed by atoms with Gasteiger partial charge in [-0.2, -0.15) is 18.3 Å². The van der Waals surface area contributed by atoms with E-state index in [1.807, 2.05) is 17.9 Å². The summed E-state index contributed by atoms with van der Waals surface area (Å²) in [5.41, 5.74) is 1.29. The van der Waals surface area contributed by atoms with Crippen molar-refractivity contribution in [2.75, 3.05) is 19.8 Å². The highest BCUT2D eigenvalue weighted by molar-refractivity contribution is 5.73. The molecule has 0 amide bonds. The second-order valence-electron chi connectivity index (χ2n) is 7.59. The summed E-state index contributed by atoms with van der Waals surface area (Å²) in [7, 11) is 1.98. The molecule has 4 rings (SSSR count). The van der Waals surface area contributed by atoms with Gasteiger partial charge in [0.2, 0.25) is 0 Å². The van der Waals surface area contributed by atoms with Gasteiger partial charge in [-0.25, -0.2) is 4.79 Å². The number of hydrogen-bond donors (Lipinski definition) is 1. The molecule has 1 N–H and O–H groups in total. The van der Waals surface area contributed by atoms with Crippen molar-refractivity contribution >= 4 is 5.97 Å².